The van der Waals surface area contributed by atoms with Gasteiger partial charge in [-0.15, -0.1) is 0 Å². The lowest BCUT2D eigenvalue weighted by atomic mass is 10.1. The normalized spacial score (nSPS) is 11.3. The third kappa shape index (κ3) is 5.80. The first-order chi connectivity index (χ1) is 8.79. The molecular weight excluding hydrogens is 271 g/mol. The molecule has 7 heteroatoms. The molecule has 0 heterocycles. The van der Waals surface area contributed by atoms with Gasteiger partial charge >= 0.3 is 0 Å². The second-order valence-electron chi connectivity index (χ2n) is 4.24. The number of carbonyl (C=O) groups is 1. The van der Waals surface area contributed by atoms with E-state index in [0.717, 1.165) is 6.26 Å². The quantitative estimate of drug-likeness (QED) is 0.760. The van der Waals surface area contributed by atoms with Crippen LogP contribution in [0.4, 0.5) is 4.39 Å². The van der Waals surface area contributed by atoms with Gasteiger partial charge in [0.25, 0.3) is 5.91 Å². The summed E-state index contributed by atoms with van der Waals surface area (Å²) in [6.45, 7) is 2.27. The van der Waals surface area contributed by atoms with Crippen LogP contribution >= 0.6 is 0 Å². The molecule has 0 bridgehead atoms. The highest BCUT2D eigenvalue weighted by atomic mass is 32.2. The summed E-state index contributed by atoms with van der Waals surface area (Å²) in [5.74, 6) is -0.678. The van der Waals surface area contributed by atoms with Crippen LogP contribution in [0.3, 0.4) is 0 Å². The van der Waals surface area contributed by atoms with Gasteiger partial charge in [-0.05, 0) is 37.1 Å². The Kier molecular flexibility index (Phi) is 5.44. The molecule has 0 radical (unpaired) electrons. The van der Waals surface area contributed by atoms with E-state index in [1.807, 2.05) is 0 Å². The van der Waals surface area contributed by atoms with Crippen molar-refractivity contribution < 1.29 is 17.6 Å². The fourth-order valence-electron chi connectivity index (χ4n) is 1.52. The molecule has 1 rings (SSSR count). The summed E-state index contributed by atoms with van der Waals surface area (Å²) in [5.41, 5.74) is 0.976. The van der Waals surface area contributed by atoms with Gasteiger partial charge < -0.3 is 5.32 Å². The van der Waals surface area contributed by atoms with Crippen molar-refractivity contribution in [2.24, 2.45) is 0 Å². The first kappa shape index (κ1) is 15.6. The van der Waals surface area contributed by atoms with Gasteiger partial charge in [-0.2, -0.15) is 0 Å². The van der Waals surface area contributed by atoms with E-state index in [1.165, 1.54) is 18.2 Å². The predicted octanol–water partition coefficient (Wildman–Crippen LogP) is 0.803. The average Bonchev–Trinajstić information content (AvgIpc) is 2.26. The molecular formula is C12H17FN2O3S. The largest absolute Gasteiger partial charge is 0.352 e. The maximum absolute atomic E-state index is 12.9. The monoisotopic (exact) mass is 288 g/mol. The van der Waals surface area contributed by atoms with Crippen LogP contribution in [-0.4, -0.2) is 33.7 Å². The Hall–Kier alpha value is -1.47. The molecule has 0 aliphatic rings. The lowest BCUT2D eigenvalue weighted by Gasteiger charge is -2.08. The molecule has 106 valence electrons. The van der Waals surface area contributed by atoms with Crippen LogP contribution in [0.25, 0.3) is 0 Å². The molecule has 0 spiro atoms. The Labute approximate surface area is 112 Å². The summed E-state index contributed by atoms with van der Waals surface area (Å²) < 4.78 is 36.8. The van der Waals surface area contributed by atoms with E-state index < -0.39 is 10.0 Å². The topological polar surface area (TPSA) is 75.3 Å². The molecule has 1 aromatic carbocycles. The minimum atomic E-state index is -3.19. The Morgan fingerprint density at radius 2 is 2.00 bits per heavy atom. The summed E-state index contributed by atoms with van der Waals surface area (Å²) in [5, 5.41) is 2.65. The number of nitrogens with one attached hydrogen (secondary N) is 2. The number of sulfonamides is 1. The lowest BCUT2D eigenvalue weighted by Crippen LogP contribution is -2.29. The highest BCUT2D eigenvalue weighted by Gasteiger charge is 2.08. The van der Waals surface area contributed by atoms with E-state index in [4.69, 9.17) is 0 Å². The molecule has 0 atom stereocenters. The zero-order valence-electron chi connectivity index (χ0n) is 10.9. The van der Waals surface area contributed by atoms with Crippen LogP contribution in [0.1, 0.15) is 22.3 Å². The number of hydrogen-bond acceptors (Lipinski definition) is 3. The van der Waals surface area contributed by atoms with Crippen LogP contribution < -0.4 is 10.0 Å². The fraction of sp³-hybridized carbons (Fsp3) is 0.417. The number of benzene rings is 1. The van der Waals surface area contributed by atoms with E-state index in [9.17, 15) is 17.6 Å². The highest BCUT2D eigenvalue weighted by molar-refractivity contribution is 7.88. The van der Waals surface area contributed by atoms with Gasteiger partial charge in [0.15, 0.2) is 0 Å². The van der Waals surface area contributed by atoms with Crippen LogP contribution in [0.2, 0.25) is 0 Å². The van der Waals surface area contributed by atoms with Crippen LogP contribution in [0, 0.1) is 12.7 Å². The van der Waals surface area contributed by atoms with Crippen molar-refractivity contribution in [3.63, 3.8) is 0 Å². The summed E-state index contributed by atoms with van der Waals surface area (Å²) >= 11 is 0. The summed E-state index contributed by atoms with van der Waals surface area (Å²) in [6, 6.07) is 3.95. The van der Waals surface area contributed by atoms with Crippen molar-refractivity contribution in [2.45, 2.75) is 13.3 Å². The minimum Gasteiger partial charge on any atom is -0.352 e. The Morgan fingerprint density at radius 1 is 1.32 bits per heavy atom. The van der Waals surface area contributed by atoms with Crippen molar-refractivity contribution in [3.8, 4) is 0 Å². The second kappa shape index (κ2) is 6.63. The molecule has 0 unspecified atom stereocenters. The van der Waals surface area contributed by atoms with E-state index >= 15 is 0 Å². The smallest absolute Gasteiger partial charge is 0.251 e. The summed E-state index contributed by atoms with van der Waals surface area (Å²) in [7, 11) is -3.19. The SMILES string of the molecule is Cc1cc(F)ccc1C(=O)NCCCNS(C)(=O)=O. The third-order valence-corrected chi connectivity index (χ3v) is 3.16. The van der Waals surface area contributed by atoms with Gasteiger partial charge in [-0.1, -0.05) is 0 Å². The highest BCUT2D eigenvalue weighted by Crippen LogP contribution is 2.09. The van der Waals surface area contributed by atoms with E-state index in [-0.39, 0.29) is 18.3 Å². The molecule has 0 aliphatic carbocycles. The number of hydrogen-bond donors (Lipinski definition) is 2. The molecule has 0 saturated carbocycles. The van der Waals surface area contributed by atoms with E-state index in [2.05, 4.69) is 10.0 Å². The third-order valence-electron chi connectivity index (χ3n) is 2.44. The van der Waals surface area contributed by atoms with E-state index in [0.29, 0.717) is 24.1 Å². The van der Waals surface area contributed by atoms with Crippen LogP contribution in [0.15, 0.2) is 18.2 Å². The molecule has 1 aromatic rings. The molecule has 0 aromatic heterocycles. The standard InChI is InChI=1S/C12H17FN2O3S/c1-9-8-10(13)4-5-11(9)12(16)14-6-3-7-15-19(2,17)18/h4-5,8,15H,3,6-7H2,1-2H3,(H,14,16). The molecule has 0 fully saturated rings. The maximum Gasteiger partial charge on any atom is 0.251 e. The molecule has 5 nitrogen and oxygen atoms in total. The van der Waals surface area contributed by atoms with Gasteiger partial charge in [0.05, 0.1) is 6.26 Å². The fourth-order valence-corrected chi connectivity index (χ4v) is 2.04. The molecule has 19 heavy (non-hydrogen) atoms. The Bertz CT molecular complexity index is 558. The van der Waals surface area contributed by atoms with Gasteiger partial charge in [-0.25, -0.2) is 17.5 Å². The van der Waals surface area contributed by atoms with Crippen molar-refractivity contribution in [2.75, 3.05) is 19.3 Å². The average molecular weight is 288 g/mol. The van der Waals surface area contributed by atoms with Crippen LogP contribution in [-0.2, 0) is 10.0 Å². The molecule has 0 saturated heterocycles. The van der Waals surface area contributed by atoms with Crippen molar-refractivity contribution in [1.82, 2.24) is 10.0 Å². The number of halogens is 1. The van der Waals surface area contributed by atoms with Crippen molar-refractivity contribution in [3.05, 3.63) is 35.1 Å². The predicted molar refractivity (Wildman–Crippen MR) is 70.9 cm³/mol. The molecule has 2 N–H and O–H groups in total. The molecule has 0 aliphatic heterocycles. The van der Waals surface area contributed by atoms with Crippen LogP contribution in [0.5, 0.6) is 0 Å². The number of amides is 1. The van der Waals surface area contributed by atoms with E-state index in [1.54, 1.807) is 6.92 Å². The first-order valence-corrected chi connectivity index (χ1v) is 7.68. The van der Waals surface area contributed by atoms with Gasteiger partial charge in [0.2, 0.25) is 10.0 Å². The summed E-state index contributed by atoms with van der Waals surface area (Å²) in [4.78, 5) is 11.8. The maximum atomic E-state index is 12.9. The Balaban J connectivity index is 2.39. The first-order valence-electron chi connectivity index (χ1n) is 5.78. The van der Waals surface area contributed by atoms with Crippen molar-refractivity contribution in [1.29, 1.82) is 0 Å². The Morgan fingerprint density at radius 3 is 2.58 bits per heavy atom. The zero-order chi connectivity index (χ0) is 14.5. The number of carbonyl (C=O) groups excluding carboxylic acids is 1. The van der Waals surface area contributed by atoms with Crippen molar-refractivity contribution >= 4 is 15.9 Å². The number of rotatable bonds is 6. The summed E-state index contributed by atoms with van der Waals surface area (Å²) in [6.07, 6.45) is 1.56. The number of aryl methyl sites for hydroxylation is 1. The molecule has 1 amide bonds. The zero-order valence-corrected chi connectivity index (χ0v) is 11.7. The van der Waals surface area contributed by atoms with Gasteiger partial charge in [-0.3, -0.25) is 4.79 Å². The minimum absolute atomic E-state index is 0.265. The lowest BCUT2D eigenvalue weighted by molar-refractivity contribution is 0.0953. The van der Waals surface area contributed by atoms with Gasteiger partial charge in [0, 0.05) is 18.7 Å². The second-order valence-corrected chi connectivity index (χ2v) is 6.07. The van der Waals surface area contributed by atoms with Gasteiger partial charge in [0.1, 0.15) is 5.82 Å².